The van der Waals surface area contributed by atoms with E-state index in [1.807, 2.05) is 35.9 Å². The molecule has 1 aliphatic carbocycles. The largest absolute Gasteiger partial charge is 0.299 e. The van der Waals surface area contributed by atoms with Gasteiger partial charge in [0.15, 0.2) is 0 Å². The van der Waals surface area contributed by atoms with E-state index >= 15 is 0 Å². The van der Waals surface area contributed by atoms with E-state index in [0.29, 0.717) is 18.1 Å². The molecule has 24 heavy (non-hydrogen) atoms. The molecule has 1 saturated carbocycles. The Hall–Kier alpha value is -1.61. The Morgan fingerprint density at radius 2 is 1.88 bits per heavy atom. The minimum atomic E-state index is 0.156. The van der Waals surface area contributed by atoms with E-state index in [2.05, 4.69) is 13.8 Å². The predicted octanol–water partition coefficient (Wildman–Crippen LogP) is 5.40. The van der Waals surface area contributed by atoms with E-state index in [1.54, 1.807) is 0 Å². The molecule has 2 atom stereocenters. The SMILES string of the molecule is CCC(=O)C1CCCCC1c1c(C)nn(-c2ccc(Cl)cc2)c1C. The summed E-state index contributed by atoms with van der Waals surface area (Å²) in [5.41, 5.74) is 4.48. The smallest absolute Gasteiger partial charge is 0.136 e. The number of aryl methyl sites for hydroxylation is 1. The summed E-state index contributed by atoms with van der Waals surface area (Å²) in [4.78, 5) is 12.4. The number of benzene rings is 1. The molecule has 128 valence electrons. The fourth-order valence-corrected chi connectivity index (χ4v) is 4.28. The van der Waals surface area contributed by atoms with Gasteiger partial charge in [-0.2, -0.15) is 5.10 Å². The zero-order valence-electron chi connectivity index (χ0n) is 14.7. The van der Waals surface area contributed by atoms with Crippen LogP contribution in [0.5, 0.6) is 0 Å². The topological polar surface area (TPSA) is 34.9 Å². The lowest BCUT2D eigenvalue weighted by Gasteiger charge is -2.31. The number of carbonyl (C=O) groups excluding carboxylic acids is 1. The number of hydrogen-bond acceptors (Lipinski definition) is 2. The molecule has 1 aliphatic rings. The molecule has 1 heterocycles. The van der Waals surface area contributed by atoms with E-state index in [1.165, 1.54) is 12.0 Å². The van der Waals surface area contributed by atoms with Crippen molar-refractivity contribution < 1.29 is 4.79 Å². The molecule has 4 heteroatoms. The van der Waals surface area contributed by atoms with Gasteiger partial charge in [0.2, 0.25) is 0 Å². The Balaban J connectivity index is 2.01. The van der Waals surface area contributed by atoms with Crippen LogP contribution in [0.1, 0.15) is 61.9 Å². The van der Waals surface area contributed by atoms with Crippen LogP contribution < -0.4 is 0 Å². The van der Waals surface area contributed by atoms with Crippen molar-refractivity contribution in [2.75, 3.05) is 0 Å². The maximum absolute atomic E-state index is 12.4. The van der Waals surface area contributed by atoms with Crippen molar-refractivity contribution in [3.8, 4) is 5.69 Å². The van der Waals surface area contributed by atoms with E-state index in [0.717, 1.165) is 41.4 Å². The third-order valence-electron chi connectivity index (χ3n) is 5.32. The normalized spacial score (nSPS) is 21.0. The highest BCUT2D eigenvalue weighted by Gasteiger charge is 2.34. The molecule has 3 nitrogen and oxygen atoms in total. The Morgan fingerprint density at radius 1 is 1.21 bits per heavy atom. The van der Waals surface area contributed by atoms with Crippen molar-refractivity contribution in [2.24, 2.45) is 5.92 Å². The van der Waals surface area contributed by atoms with Crippen molar-refractivity contribution >= 4 is 17.4 Å². The molecule has 0 saturated heterocycles. The number of Topliss-reactive ketones (excluding diaryl/α,β-unsaturated/α-hetero) is 1. The molecule has 0 amide bonds. The first-order valence-corrected chi connectivity index (χ1v) is 9.25. The molecule has 3 rings (SSSR count). The third kappa shape index (κ3) is 3.14. The number of carbonyl (C=O) groups is 1. The first-order chi connectivity index (χ1) is 11.5. The van der Waals surface area contributed by atoms with E-state index in [4.69, 9.17) is 16.7 Å². The number of nitrogens with zero attached hydrogens (tertiary/aromatic N) is 2. The van der Waals surface area contributed by atoms with Crippen LogP contribution in [0.15, 0.2) is 24.3 Å². The van der Waals surface area contributed by atoms with Gasteiger partial charge in [-0.05, 0) is 56.9 Å². The minimum Gasteiger partial charge on any atom is -0.299 e. The summed E-state index contributed by atoms with van der Waals surface area (Å²) in [7, 11) is 0. The molecule has 0 N–H and O–H groups in total. The maximum Gasteiger partial charge on any atom is 0.136 e. The first-order valence-electron chi connectivity index (χ1n) is 8.87. The van der Waals surface area contributed by atoms with Crippen LogP contribution in [0.3, 0.4) is 0 Å². The lowest BCUT2D eigenvalue weighted by molar-refractivity contribution is -0.124. The van der Waals surface area contributed by atoms with Gasteiger partial charge in [0, 0.05) is 28.6 Å². The third-order valence-corrected chi connectivity index (χ3v) is 5.57. The fourth-order valence-electron chi connectivity index (χ4n) is 4.15. The van der Waals surface area contributed by atoms with Gasteiger partial charge < -0.3 is 0 Å². The van der Waals surface area contributed by atoms with Gasteiger partial charge in [-0.25, -0.2) is 4.68 Å². The minimum absolute atomic E-state index is 0.156. The highest BCUT2D eigenvalue weighted by Crippen LogP contribution is 2.41. The summed E-state index contributed by atoms with van der Waals surface area (Å²) in [6.07, 6.45) is 5.09. The van der Waals surface area contributed by atoms with Crippen LogP contribution in [-0.2, 0) is 4.79 Å². The molecule has 2 unspecified atom stereocenters. The quantitative estimate of drug-likeness (QED) is 0.744. The summed E-state index contributed by atoms with van der Waals surface area (Å²) < 4.78 is 1.99. The Bertz CT molecular complexity index is 733. The van der Waals surface area contributed by atoms with Gasteiger partial charge in [-0.15, -0.1) is 0 Å². The number of hydrogen-bond donors (Lipinski definition) is 0. The molecule has 0 radical (unpaired) electrons. The lowest BCUT2D eigenvalue weighted by atomic mass is 9.72. The fraction of sp³-hybridized carbons (Fsp3) is 0.500. The number of rotatable bonds is 4. The van der Waals surface area contributed by atoms with Gasteiger partial charge in [0.25, 0.3) is 0 Å². The summed E-state index contributed by atoms with van der Waals surface area (Å²) in [5.74, 6) is 0.869. The Labute approximate surface area is 149 Å². The van der Waals surface area contributed by atoms with Crippen LogP contribution in [-0.4, -0.2) is 15.6 Å². The summed E-state index contributed by atoms with van der Waals surface area (Å²) in [6.45, 7) is 6.16. The monoisotopic (exact) mass is 344 g/mol. The zero-order chi connectivity index (χ0) is 17.3. The van der Waals surface area contributed by atoms with Crippen LogP contribution >= 0.6 is 11.6 Å². The zero-order valence-corrected chi connectivity index (χ0v) is 15.4. The molecule has 1 aromatic carbocycles. The first kappa shape index (κ1) is 17.2. The molecule has 0 bridgehead atoms. The standard InChI is InChI=1S/C20H25ClN2O/c1-4-19(24)17-7-5-6-8-18(17)20-13(2)22-23(14(20)3)16-11-9-15(21)10-12-16/h9-12,17-18H,4-8H2,1-3H3. The second-order valence-electron chi connectivity index (χ2n) is 6.79. The molecule has 2 aromatic rings. The second kappa shape index (κ2) is 7.10. The number of halogens is 1. The van der Waals surface area contributed by atoms with Gasteiger partial charge in [-0.3, -0.25) is 4.79 Å². The Kier molecular flexibility index (Phi) is 5.09. The number of ketones is 1. The van der Waals surface area contributed by atoms with Gasteiger partial charge >= 0.3 is 0 Å². The van der Waals surface area contributed by atoms with Crippen LogP contribution in [0.2, 0.25) is 5.02 Å². The predicted molar refractivity (Wildman–Crippen MR) is 98.0 cm³/mol. The lowest BCUT2D eigenvalue weighted by Crippen LogP contribution is -2.26. The molecule has 0 spiro atoms. The summed E-state index contributed by atoms with van der Waals surface area (Å²) in [5, 5.41) is 5.49. The molecule has 1 fully saturated rings. The van der Waals surface area contributed by atoms with E-state index < -0.39 is 0 Å². The van der Waals surface area contributed by atoms with Crippen molar-refractivity contribution in [1.29, 1.82) is 0 Å². The van der Waals surface area contributed by atoms with Crippen LogP contribution in [0, 0.1) is 19.8 Å². The van der Waals surface area contributed by atoms with Crippen LogP contribution in [0.4, 0.5) is 0 Å². The van der Waals surface area contributed by atoms with Crippen LogP contribution in [0.25, 0.3) is 5.69 Å². The highest BCUT2D eigenvalue weighted by atomic mass is 35.5. The molecule has 0 aliphatic heterocycles. The van der Waals surface area contributed by atoms with Gasteiger partial charge in [0.05, 0.1) is 11.4 Å². The molecular formula is C20H25ClN2O. The highest BCUT2D eigenvalue weighted by molar-refractivity contribution is 6.30. The molecular weight excluding hydrogens is 320 g/mol. The number of aromatic nitrogens is 2. The van der Waals surface area contributed by atoms with Crippen molar-refractivity contribution in [1.82, 2.24) is 9.78 Å². The van der Waals surface area contributed by atoms with E-state index in [9.17, 15) is 4.79 Å². The van der Waals surface area contributed by atoms with Crippen molar-refractivity contribution in [3.05, 3.63) is 46.2 Å². The van der Waals surface area contributed by atoms with Crippen molar-refractivity contribution in [3.63, 3.8) is 0 Å². The average molecular weight is 345 g/mol. The van der Waals surface area contributed by atoms with E-state index in [-0.39, 0.29) is 5.92 Å². The summed E-state index contributed by atoms with van der Waals surface area (Å²) in [6, 6.07) is 7.75. The Morgan fingerprint density at radius 3 is 2.54 bits per heavy atom. The molecule has 1 aromatic heterocycles. The summed E-state index contributed by atoms with van der Waals surface area (Å²) >= 11 is 6.00. The van der Waals surface area contributed by atoms with Gasteiger partial charge in [0.1, 0.15) is 5.78 Å². The second-order valence-corrected chi connectivity index (χ2v) is 7.23. The maximum atomic E-state index is 12.4. The average Bonchev–Trinajstić information content (AvgIpc) is 2.89. The van der Waals surface area contributed by atoms with Crippen molar-refractivity contribution in [2.45, 2.75) is 58.8 Å². The van der Waals surface area contributed by atoms with Gasteiger partial charge in [-0.1, -0.05) is 31.4 Å².